The van der Waals surface area contributed by atoms with Gasteiger partial charge in [-0.3, -0.25) is 4.21 Å². The van der Waals surface area contributed by atoms with Crippen LogP contribution in [0.2, 0.25) is 0 Å². The molecule has 0 aromatic heterocycles. The van der Waals surface area contributed by atoms with Gasteiger partial charge in [-0.15, -0.1) is 0 Å². The van der Waals surface area contributed by atoms with Crippen molar-refractivity contribution in [2.24, 2.45) is 0 Å². The first-order chi connectivity index (χ1) is 7.99. The van der Waals surface area contributed by atoms with Gasteiger partial charge in [-0.25, -0.2) is 8.78 Å². The summed E-state index contributed by atoms with van der Waals surface area (Å²) in [5.74, 6) is -0.240. The molecule has 1 rings (SSSR count). The second-order valence-corrected chi connectivity index (χ2v) is 5.64. The summed E-state index contributed by atoms with van der Waals surface area (Å²) >= 11 is 0. The van der Waals surface area contributed by atoms with Gasteiger partial charge in [0.25, 0.3) is 0 Å². The van der Waals surface area contributed by atoms with Crippen LogP contribution in [0, 0.1) is 11.6 Å². The van der Waals surface area contributed by atoms with Gasteiger partial charge in [0.15, 0.2) is 0 Å². The first kappa shape index (κ1) is 14.3. The lowest BCUT2D eigenvalue weighted by Gasteiger charge is -2.13. The van der Waals surface area contributed by atoms with Crippen LogP contribution in [-0.4, -0.2) is 22.3 Å². The molecule has 2 atom stereocenters. The zero-order valence-electron chi connectivity index (χ0n) is 10.0. The third-order valence-corrected chi connectivity index (χ3v) is 3.30. The fourth-order valence-corrected chi connectivity index (χ4v) is 2.09. The number of hydrogen-bond donors (Lipinski definition) is 1. The van der Waals surface area contributed by atoms with Crippen LogP contribution in [0.5, 0.6) is 0 Å². The van der Waals surface area contributed by atoms with Gasteiger partial charge in [-0.05, 0) is 31.5 Å². The van der Waals surface area contributed by atoms with Crippen molar-refractivity contribution in [2.45, 2.75) is 25.9 Å². The van der Waals surface area contributed by atoms with Crippen LogP contribution in [0.25, 0.3) is 0 Å². The molecule has 0 spiro atoms. The molecule has 2 unspecified atom stereocenters. The number of halogens is 2. The highest BCUT2D eigenvalue weighted by Gasteiger charge is 2.06. The highest BCUT2D eigenvalue weighted by molar-refractivity contribution is 7.84. The van der Waals surface area contributed by atoms with Gasteiger partial charge < -0.3 is 5.32 Å². The van der Waals surface area contributed by atoms with Gasteiger partial charge in [0.1, 0.15) is 11.6 Å². The Labute approximate surface area is 103 Å². The van der Waals surface area contributed by atoms with E-state index in [9.17, 15) is 13.0 Å². The van der Waals surface area contributed by atoms with Crippen molar-refractivity contribution in [2.75, 3.05) is 12.0 Å². The average molecular weight is 261 g/mol. The molecule has 5 heteroatoms. The van der Waals surface area contributed by atoms with Crippen molar-refractivity contribution in [3.8, 4) is 0 Å². The normalized spacial score (nSPS) is 14.6. The number of hydrogen-bond acceptors (Lipinski definition) is 2. The van der Waals surface area contributed by atoms with Gasteiger partial charge in [0.2, 0.25) is 0 Å². The molecule has 0 aliphatic rings. The molecule has 0 amide bonds. The van der Waals surface area contributed by atoms with E-state index < -0.39 is 22.4 Å². The van der Waals surface area contributed by atoms with Crippen molar-refractivity contribution in [3.63, 3.8) is 0 Å². The molecular formula is C12H17F2NOS. The Morgan fingerprint density at radius 3 is 2.76 bits per heavy atom. The van der Waals surface area contributed by atoms with Crippen molar-refractivity contribution >= 4 is 10.8 Å². The fraction of sp³-hybridized carbons (Fsp3) is 0.500. The summed E-state index contributed by atoms with van der Waals surface area (Å²) < 4.78 is 37.1. The summed E-state index contributed by atoms with van der Waals surface area (Å²) in [7, 11) is -0.816. The molecule has 17 heavy (non-hydrogen) atoms. The minimum atomic E-state index is -0.816. The molecule has 0 saturated heterocycles. The second kappa shape index (κ2) is 6.81. The molecule has 2 nitrogen and oxygen atoms in total. The Bertz CT molecular complexity index is 398. The zero-order chi connectivity index (χ0) is 12.8. The smallest absolute Gasteiger partial charge is 0.127 e. The summed E-state index contributed by atoms with van der Waals surface area (Å²) in [5, 5.41) is 3.08. The molecule has 0 radical (unpaired) electrons. The number of nitrogens with one attached hydrogen (secondary N) is 1. The predicted molar refractivity (Wildman–Crippen MR) is 66.2 cm³/mol. The molecule has 0 aliphatic carbocycles. The second-order valence-electron chi connectivity index (χ2n) is 4.08. The molecule has 0 fully saturated rings. The van der Waals surface area contributed by atoms with E-state index in [1.165, 1.54) is 6.07 Å². The van der Waals surface area contributed by atoms with E-state index in [-0.39, 0.29) is 12.6 Å². The van der Waals surface area contributed by atoms with E-state index in [0.717, 1.165) is 18.6 Å². The van der Waals surface area contributed by atoms with Crippen LogP contribution in [0.3, 0.4) is 0 Å². The van der Waals surface area contributed by atoms with E-state index >= 15 is 0 Å². The Balaban J connectivity index is 2.44. The van der Waals surface area contributed by atoms with Gasteiger partial charge in [0.05, 0.1) is 0 Å². The van der Waals surface area contributed by atoms with Crippen LogP contribution >= 0.6 is 0 Å². The van der Waals surface area contributed by atoms with Gasteiger partial charge in [-0.2, -0.15) is 0 Å². The third-order valence-electron chi connectivity index (χ3n) is 2.49. The van der Waals surface area contributed by atoms with Crippen LogP contribution in [-0.2, 0) is 17.3 Å². The van der Waals surface area contributed by atoms with E-state index in [0.29, 0.717) is 11.3 Å². The maximum atomic E-state index is 13.3. The summed E-state index contributed by atoms with van der Waals surface area (Å²) in [4.78, 5) is 0. The maximum absolute atomic E-state index is 13.3. The number of rotatable bonds is 6. The van der Waals surface area contributed by atoms with Gasteiger partial charge in [-0.1, -0.05) is 0 Å². The highest BCUT2D eigenvalue weighted by atomic mass is 32.2. The third kappa shape index (κ3) is 5.37. The van der Waals surface area contributed by atoms with Crippen LogP contribution in [0.4, 0.5) is 8.78 Å². The quantitative estimate of drug-likeness (QED) is 0.850. The van der Waals surface area contributed by atoms with E-state index in [4.69, 9.17) is 0 Å². The molecule has 96 valence electrons. The first-order valence-electron chi connectivity index (χ1n) is 5.46. The van der Waals surface area contributed by atoms with E-state index in [1.54, 1.807) is 6.26 Å². The molecule has 0 heterocycles. The van der Waals surface area contributed by atoms with E-state index in [1.807, 2.05) is 6.92 Å². The molecule has 0 bridgehead atoms. The molecule has 1 aromatic carbocycles. The fourth-order valence-electron chi connectivity index (χ4n) is 1.41. The highest BCUT2D eigenvalue weighted by Crippen LogP contribution is 2.09. The average Bonchev–Trinajstić information content (AvgIpc) is 2.27. The standard InChI is InChI=1S/C12H17F2NOS/c1-9(5-6-17(2)16)15-8-10-7-11(13)3-4-12(10)14/h3-4,7,9,15H,5-6,8H2,1-2H3. The predicted octanol–water partition coefficient (Wildman–Crippen LogP) is 2.21. The summed E-state index contributed by atoms with van der Waals surface area (Å²) in [6.07, 6.45) is 2.40. The van der Waals surface area contributed by atoms with E-state index in [2.05, 4.69) is 5.32 Å². The van der Waals surface area contributed by atoms with Crippen molar-refractivity contribution in [3.05, 3.63) is 35.4 Å². The van der Waals surface area contributed by atoms with Crippen LogP contribution < -0.4 is 5.32 Å². The number of benzene rings is 1. The van der Waals surface area contributed by atoms with Crippen molar-refractivity contribution < 1.29 is 13.0 Å². The molecular weight excluding hydrogens is 244 g/mol. The Morgan fingerprint density at radius 2 is 2.12 bits per heavy atom. The molecule has 0 saturated carbocycles. The van der Waals surface area contributed by atoms with Crippen molar-refractivity contribution in [1.29, 1.82) is 0 Å². The summed E-state index contributed by atoms with van der Waals surface area (Å²) in [5.41, 5.74) is 0.314. The van der Waals surface area contributed by atoms with Crippen molar-refractivity contribution in [1.82, 2.24) is 5.32 Å². The SMILES string of the molecule is CC(CCS(C)=O)NCc1cc(F)ccc1F. The minimum Gasteiger partial charge on any atom is -0.310 e. The Morgan fingerprint density at radius 1 is 1.41 bits per heavy atom. The monoisotopic (exact) mass is 261 g/mol. The lowest BCUT2D eigenvalue weighted by molar-refractivity contribution is 0.513. The molecule has 1 N–H and O–H groups in total. The zero-order valence-corrected chi connectivity index (χ0v) is 10.8. The van der Waals surface area contributed by atoms with Crippen LogP contribution in [0.1, 0.15) is 18.9 Å². The summed E-state index contributed by atoms with van der Waals surface area (Å²) in [6, 6.07) is 3.54. The lowest BCUT2D eigenvalue weighted by atomic mass is 10.2. The molecule has 1 aromatic rings. The minimum absolute atomic E-state index is 0.126. The van der Waals surface area contributed by atoms with Gasteiger partial charge in [0, 0.05) is 41.0 Å². The van der Waals surface area contributed by atoms with Gasteiger partial charge >= 0.3 is 0 Å². The topological polar surface area (TPSA) is 29.1 Å². The Hall–Kier alpha value is -0.810. The molecule has 0 aliphatic heterocycles. The summed E-state index contributed by atoms with van der Waals surface area (Å²) in [6.45, 7) is 2.21. The maximum Gasteiger partial charge on any atom is 0.127 e. The Kier molecular flexibility index (Phi) is 5.71. The lowest BCUT2D eigenvalue weighted by Crippen LogP contribution is -2.27. The van der Waals surface area contributed by atoms with Crippen LogP contribution in [0.15, 0.2) is 18.2 Å². The first-order valence-corrected chi connectivity index (χ1v) is 7.19. The largest absolute Gasteiger partial charge is 0.310 e.